The van der Waals surface area contributed by atoms with Gasteiger partial charge in [0, 0.05) is 19.1 Å². The fourth-order valence-electron chi connectivity index (χ4n) is 3.23. The van der Waals surface area contributed by atoms with Crippen LogP contribution in [0.5, 0.6) is 0 Å². The summed E-state index contributed by atoms with van der Waals surface area (Å²) in [6, 6.07) is 23.2. The van der Waals surface area contributed by atoms with Crippen LogP contribution in [-0.4, -0.2) is 36.3 Å². The molecular formula is C26H31NO5. The van der Waals surface area contributed by atoms with Gasteiger partial charge in [0.1, 0.15) is 18.0 Å². The predicted octanol–water partition coefficient (Wildman–Crippen LogP) is 4.80. The number of alkyl carbamates (subject to hydrolysis) is 1. The zero-order chi connectivity index (χ0) is 23.6. The Labute approximate surface area is 189 Å². The highest BCUT2D eigenvalue weighted by atomic mass is 16.6. The smallest absolute Gasteiger partial charge is 0.409 e. The van der Waals surface area contributed by atoms with Gasteiger partial charge in [-0.25, -0.2) is 4.79 Å². The monoisotopic (exact) mass is 437 g/mol. The molecule has 3 rings (SSSR count). The van der Waals surface area contributed by atoms with Crippen molar-refractivity contribution in [1.29, 1.82) is 0 Å². The average molecular weight is 438 g/mol. The lowest BCUT2D eigenvalue weighted by Crippen LogP contribution is -2.38. The maximum Gasteiger partial charge on any atom is 0.409 e. The van der Waals surface area contributed by atoms with Gasteiger partial charge >= 0.3 is 6.09 Å². The van der Waals surface area contributed by atoms with E-state index >= 15 is 0 Å². The van der Waals surface area contributed by atoms with E-state index in [2.05, 4.69) is 5.32 Å². The third-order valence-electron chi connectivity index (χ3n) is 4.50. The summed E-state index contributed by atoms with van der Waals surface area (Å²) in [6.45, 7) is 5.39. The molecule has 2 N–H and O–H groups in total. The number of fused-ring (bicyclic) bond motifs is 1. The molecule has 0 radical (unpaired) electrons. The molecule has 1 amide bonds. The first-order valence-corrected chi connectivity index (χ1v) is 10.4. The first-order chi connectivity index (χ1) is 15.4. The van der Waals surface area contributed by atoms with Crippen molar-refractivity contribution < 1.29 is 24.2 Å². The fraction of sp³-hybridized carbons (Fsp3) is 0.308. The number of carbonyl (C=O) groups excluding carboxylic acids is 2. The van der Waals surface area contributed by atoms with Crippen molar-refractivity contribution in [1.82, 2.24) is 5.32 Å². The van der Waals surface area contributed by atoms with E-state index in [1.165, 1.54) is 0 Å². The molecule has 0 heterocycles. The molecule has 170 valence electrons. The molecule has 0 spiro atoms. The van der Waals surface area contributed by atoms with E-state index in [-0.39, 0.29) is 0 Å². The quantitative estimate of drug-likeness (QED) is 0.410. The highest BCUT2D eigenvalue weighted by Gasteiger charge is 2.25. The molecule has 0 saturated carbocycles. The normalized spacial score (nSPS) is 12.8. The van der Waals surface area contributed by atoms with Gasteiger partial charge < -0.3 is 19.4 Å². The second kappa shape index (κ2) is 12.0. The van der Waals surface area contributed by atoms with Crippen molar-refractivity contribution in [3.8, 4) is 0 Å². The highest BCUT2D eigenvalue weighted by molar-refractivity contribution is 5.86. The number of aliphatic hydroxyl groups is 1. The molecule has 6 nitrogen and oxygen atoms in total. The Hall–Kier alpha value is -3.22. The Morgan fingerprint density at radius 1 is 0.969 bits per heavy atom. The van der Waals surface area contributed by atoms with Crippen molar-refractivity contribution in [2.24, 2.45) is 0 Å². The van der Waals surface area contributed by atoms with Crippen LogP contribution in [0.25, 0.3) is 10.8 Å². The van der Waals surface area contributed by atoms with Gasteiger partial charge in [0.2, 0.25) is 0 Å². The summed E-state index contributed by atoms with van der Waals surface area (Å²) in [4.78, 5) is 24.3. The number of hydrogen-bond acceptors (Lipinski definition) is 5. The zero-order valence-electron chi connectivity index (χ0n) is 18.9. The zero-order valence-corrected chi connectivity index (χ0v) is 18.9. The van der Waals surface area contributed by atoms with Crippen LogP contribution in [0.4, 0.5) is 4.79 Å². The SMILES string of the molecule is CC(C)(C)OC(=O)NC(OC(C=O)Cc1ccccc1)c1cccc2ccccc12.CO. The molecule has 2 atom stereocenters. The predicted molar refractivity (Wildman–Crippen MR) is 125 cm³/mol. The number of aldehydes is 1. The lowest BCUT2D eigenvalue weighted by molar-refractivity contribution is -0.123. The molecule has 3 aromatic carbocycles. The summed E-state index contributed by atoms with van der Waals surface area (Å²) in [6.07, 6.45) is -1.01. The molecule has 0 bridgehead atoms. The van der Waals surface area contributed by atoms with E-state index in [1.54, 1.807) is 20.8 Å². The van der Waals surface area contributed by atoms with Gasteiger partial charge in [-0.1, -0.05) is 72.8 Å². The Morgan fingerprint density at radius 2 is 1.59 bits per heavy atom. The molecule has 0 fully saturated rings. The molecule has 6 heteroatoms. The number of rotatable bonds is 7. The molecule has 0 aromatic heterocycles. The molecule has 0 aliphatic carbocycles. The summed E-state index contributed by atoms with van der Waals surface area (Å²) in [5, 5.41) is 11.7. The minimum Gasteiger partial charge on any atom is -0.444 e. The first-order valence-electron chi connectivity index (χ1n) is 10.4. The lowest BCUT2D eigenvalue weighted by atomic mass is 10.0. The van der Waals surface area contributed by atoms with Gasteiger partial charge in [-0.3, -0.25) is 5.32 Å². The maximum absolute atomic E-state index is 12.5. The van der Waals surface area contributed by atoms with Crippen LogP contribution in [0.1, 0.15) is 38.1 Å². The topological polar surface area (TPSA) is 84.9 Å². The van der Waals surface area contributed by atoms with Crippen LogP contribution in [-0.2, 0) is 20.7 Å². The van der Waals surface area contributed by atoms with Gasteiger partial charge in [0.05, 0.1) is 0 Å². The average Bonchev–Trinajstić information content (AvgIpc) is 2.78. The summed E-state index contributed by atoms with van der Waals surface area (Å²) < 4.78 is 11.5. The van der Waals surface area contributed by atoms with Crippen molar-refractivity contribution in [2.45, 2.75) is 45.1 Å². The van der Waals surface area contributed by atoms with Gasteiger partial charge in [-0.2, -0.15) is 0 Å². The Kier molecular flexibility index (Phi) is 9.38. The van der Waals surface area contributed by atoms with Gasteiger partial charge in [0.25, 0.3) is 0 Å². The number of ether oxygens (including phenoxy) is 2. The third kappa shape index (κ3) is 7.48. The number of amides is 1. The van der Waals surface area contributed by atoms with E-state index in [1.807, 2.05) is 72.8 Å². The van der Waals surface area contributed by atoms with Crippen molar-refractivity contribution in [3.63, 3.8) is 0 Å². The van der Waals surface area contributed by atoms with Crippen LogP contribution >= 0.6 is 0 Å². The number of carbonyl (C=O) groups is 2. The maximum atomic E-state index is 12.5. The third-order valence-corrected chi connectivity index (χ3v) is 4.50. The number of aliphatic hydroxyl groups excluding tert-OH is 1. The number of nitrogens with one attached hydrogen (secondary N) is 1. The molecule has 0 aliphatic heterocycles. The van der Waals surface area contributed by atoms with E-state index in [0.29, 0.717) is 6.42 Å². The molecule has 32 heavy (non-hydrogen) atoms. The Morgan fingerprint density at radius 3 is 2.25 bits per heavy atom. The van der Waals surface area contributed by atoms with E-state index in [0.717, 1.165) is 35.3 Å². The van der Waals surface area contributed by atoms with Crippen LogP contribution in [0.3, 0.4) is 0 Å². The van der Waals surface area contributed by atoms with Crippen molar-refractivity contribution >= 4 is 23.2 Å². The standard InChI is InChI=1S/C25H27NO4.CH4O/c1-25(2,3)30-24(28)26-23(22-15-9-13-19-12-7-8-14-21(19)22)29-20(17-27)16-18-10-5-4-6-11-18;1-2/h4-15,17,20,23H,16H2,1-3H3,(H,26,28);2H,1H3. The summed E-state index contributed by atoms with van der Waals surface area (Å²) in [5.41, 5.74) is 1.09. The van der Waals surface area contributed by atoms with Gasteiger partial charge in [0.15, 0.2) is 6.23 Å². The fourth-order valence-corrected chi connectivity index (χ4v) is 3.23. The second-order valence-electron chi connectivity index (χ2n) is 8.09. The van der Waals surface area contributed by atoms with Gasteiger partial charge in [-0.05, 0) is 37.1 Å². The van der Waals surface area contributed by atoms with E-state index in [9.17, 15) is 9.59 Å². The van der Waals surface area contributed by atoms with Crippen LogP contribution < -0.4 is 5.32 Å². The Bertz CT molecular complexity index is 993. The molecule has 0 aliphatic rings. The minimum atomic E-state index is -0.843. The summed E-state index contributed by atoms with van der Waals surface area (Å²) >= 11 is 0. The van der Waals surface area contributed by atoms with Gasteiger partial charge in [-0.15, -0.1) is 0 Å². The van der Waals surface area contributed by atoms with E-state index < -0.39 is 24.0 Å². The molecule has 2 unspecified atom stereocenters. The van der Waals surface area contributed by atoms with Crippen LogP contribution in [0.2, 0.25) is 0 Å². The molecule has 3 aromatic rings. The summed E-state index contributed by atoms with van der Waals surface area (Å²) in [7, 11) is 1.00. The Balaban J connectivity index is 0.00000176. The molecule has 0 saturated heterocycles. The van der Waals surface area contributed by atoms with E-state index in [4.69, 9.17) is 14.6 Å². The van der Waals surface area contributed by atoms with Crippen molar-refractivity contribution in [2.75, 3.05) is 7.11 Å². The summed E-state index contributed by atoms with van der Waals surface area (Å²) in [5.74, 6) is 0. The van der Waals surface area contributed by atoms with Crippen molar-refractivity contribution in [3.05, 3.63) is 83.9 Å². The lowest BCUT2D eigenvalue weighted by Gasteiger charge is -2.26. The van der Waals surface area contributed by atoms with Crippen LogP contribution in [0, 0.1) is 0 Å². The number of benzene rings is 3. The van der Waals surface area contributed by atoms with Crippen LogP contribution in [0.15, 0.2) is 72.8 Å². The highest BCUT2D eigenvalue weighted by Crippen LogP contribution is 2.27. The number of hydrogen-bond donors (Lipinski definition) is 2. The first kappa shape index (κ1) is 25.0. The largest absolute Gasteiger partial charge is 0.444 e. The molecular weight excluding hydrogens is 406 g/mol. The second-order valence-corrected chi connectivity index (χ2v) is 8.09. The minimum absolute atomic E-state index is 0.404.